The molecule has 4 heteroatoms. The van der Waals surface area contributed by atoms with Gasteiger partial charge in [-0.3, -0.25) is 4.79 Å². The molecule has 13 heavy (non-hydrogen) atoms. The van der Waals surface area contributed by atoms with E-state index in [1.54, 1.807) is 0 Å². The van der Waals surface area contributed by atoms with Crippen LogP contribution in [0, 0.1) is 17.2 Å². The number of alkyl halides is 1. The summed E-state index contributed by atoms with van der Waals surface area (Å²) in [7, 11) is 0. The maximum atomic E-state index is 11.2. The summed E-state index contributed by atoms with van der Waals surface area (Å²) in [6, 6.07) is 2.33. The van der Waals surface area contributed by atoms with Crippen molar-refractivity contribution in [1.29, 1.82) is 5.26 Å². The highest BCUT2D eigenvalue weighted by molar-refractivity contribution is 9.09. The van der Waals surface area contributed by atoms with Gasteiger partial charge in [0.1, 0.15) is 0 Å². The number of amides is 1. The topological polar surface area (TPSA) is 52.9 Å². The molecular weight excluding hydrogens is 232 g/mol. The Bertz CT molecular complexity index is 224. The summed E-state index contributed by atoms with van der Waals surface area (Å²) in [5.41, 5.74) is 0. The minimum absolute atomic E-state index is 0.0271. The molecule has 0 saturated heterocycles. The maximum absolute atomic E-state index is 11.2. The van der Waals surface area contributed by atoms with Gasteiger partial charge >= 0.3 is 0 Å². The van der Waals surface area contributed by atoms with Crippen molar-refractivity contribution in [3.63, 3.8) is 0 Å². The number of nitrogens with one attached hydrogen (secondary N) is 1. The minimum Gasteiger partial charge on any atom is -0.352 e. The van der Waals surface area contributed by atoms with Crippen LogP contribution in [0.15, 0.2) is 0 Å². The van der Waals surface area contributed by atoms with Crippen LogP contribution in [0.25, 0.3) is 0 Å². The number of carbonyl (C=O) groups excluding carboxylic acids is 1. The number of rotatable bonds is 3. The van der Waals surface area contributed by atoms with E-state index in [0.717, 1.165) is 19.3 Å². The minimum atomic E-state index is 0.0271. The molecule has 1 aliphatic carbocycles. The lowest BCUT2D eigenvalue weighted by Gasteiger charge is -2.14. The van der Waals surface area contributed by atoms with Gasteiger partial charge in [0.05, 0.1) is 12.0 Å². The van der Waals surface area contributed by atoms with Crippen LogP contribution in [0.4, 0.5) is 0 Å². The van der Waals surface area contributed by atoms with Crippen LogP contribution in [0.2, 0.25) is 0 Å². The Labute approximate surface area is 86.6 Å². The van der Waals surface area contributed by atoms with Crippen LogP contribution in [-0.4, -0.2) is 17.3 Å². The zero-order valence-corrected chi connectivity index (χ0v) is 9.01. The molecule has 1 amide bonds. The van der Waals surface area contributed by atoms with Crippen LogP contribution in [-0.2, 0) is 4.79 Å². The largest absolute Gasteiger partial charge is 0.352 e. The standard InChI is InChI=1S/C9H13BrN2O/c10-5-4-9(13)12-8-3-1-2-7(8)6-11/h7-8H,1-5H2,(H,12,13). The molecule has 0 aromatic carbocycles. The summed E-state index contributed by atoms with van der Waals surface area (Å²) in [6.07, 6.45) is 3.42. The van der Waals surface area contributed by atoms with Crippen molar-refractivity contribution in [2.75, 3.05) is 5.33 Å². The van der Waals surface area contributed by atoms with Gasteiger partial charge in [0, 0.05) is 17.8 Å². The highest BCUT2D eigenvalue weighted by Crippen LogP contribution is 2.24. The number of carbonyl (C=O) groups is 1. The van der Waals surface area contributed by atoms with E-state index in [0.29, 0.717) is 11.8 Å². The van der Waals surface area contributed by atoms with Crippen molar-refractivity contribution in [3.05, 3.63) is 0 Å². The first-order valence-electron chi connectivity index (χ1n) is 4.53. The van der Waals surface area contributed by atoms with E-state index >= 15 is 0 Å². The maximum Gasteiger partial charge on any atom is 0.221 e. The first kappa shape index (κ1) is 10.5. The van der Waals surface area contributed by atoms with Gasteiger partial charge < -0.3 is 5.32 Å². The van der Waals surface area contributed by atoms with Gasteiger partial charge in [0.15, 0.2) is 0 Å². The fraction of sp³-hybridized carbons (Fsp3) is 0.778. The van der Waals surface area contributed by atoms with Gasteiger partial charge in [0.2, 0.25) is 5.91 Å². The van der Waals surface area contributed by atoms with Crippen LogP contribution >= 0.6 is 15.9 Å². The molecule has 0 bridgehead atoms. The molecule has 0 radical (unpaired) electrons. The molecule has 0 aromatic rings. The molecule has 1 fully saturated rings. The Kier molecular flexibility index (Phi) is 4.23. The molecule has 2 unspecified atom stereocenters. The Morgan fingerprint density at radius 2 is 2.38 bits per heavy atom. The quantitative estimate of drug-likeness (QED) is 0.767. The lowest BCUT2D eigenvalue weighted by atomic mass is 10.1. The summed E-state index contributed by atoms with van der Waals surface area (Å²) < 4.78 is 0. The van der Waals surface area contributed by atoms with E-state index in [2.05, 4.69) is 27.3 Å². The number of hydrogen-bond acceptors (Lipinski definition) is 2. The Balaban J connectivity index is 2.36. The van der Waals surface area contributed by atoms with Crippen molar-refractivity contribution >= 4 is 21.8 Å². The SMILES string of the molecule is N#CC1CCCC1NC(=O)CCBr. The predicted octanol–water partition coefficient (Wildman–Crippen LogP) is 1.58. The van der Waals surface area contributed by atoms with E-state index < -0.39 is 0 Å². The predicted molar refractivity (Wildman–Crippen MR) is 53.3 cm³/mol. The molecular formula is C9H13BrN2O. The lowest BCUT2D eigenvalue weighted by molar-refractivity contribution is -0.121. The van der Waals surface area contributed by atoms with E-state index in [9.17, 15) is 4.79 Å². The van der Waals surface area contributed by atoms with Gasteiger partial charge in [-0.05, 0) is 19.3 Å². The zero-order valence-electron chi connectivity index (χ0n) is 7.42. The fourth-order valence-electron chi connectivity index (χ4n) is 1.65. The Morgan fingerprint density at radius 1 is 1.62 bits per heavy atom. The average molecular weight is 245 g/mol. The molecule has 2 atom stereocenters. The van der Waals surface area contributed by atoms with E-state index in [-0.39, 0.29) is 17.9 Å². The number of nitriles is 1. The van der Waals surface area contributed by atoms with Crippen molar-refractivity contribution in [2.24, 2.45) is 5.92 Å². The summed E-state index contributed by atoms with van der Waals surface area (Å²) in [4.78, 5) is 11.2. The Morgan fingerprint density at radius 3 is 3.00 bits per heavy atom. The third kappa shape index (κ3) is 3.00. The molecule has 1 rings (SSSR count). The number of nitrogens with zero attached hydrogens (tertiary/aromatic N) is 1. The van der Waals surface area contributed by atoms with Gasteiger partial charge in [-0.1, -0.05) is 15.9 Å². The highest BCUT2D eigenvalue weighted by atomic mass is 79.9. The summed E-state index contributed by atoms with van der Waals surface area (Å²) >= 11 is 3.21. The second-order valence-electron chi connectivity index (χ2n) is 3.28. The molecule has 72 valence electrons. The van der Waals surface area contributed by atoms with Crippen LogP contribution < -0.4 is 5.32 Å². The van der Waals surface area contributed by atoms with Crippen LogP contribution in [0.5, 0.6) is 0 Å². The lowest BCUT2D eigenvalue weighted by Crippen LogP contribution is -2.36. The van der Waals surface area contributed by atoms with Gasteiger partial charge in [0.25, 0.3) is 0 Å². The van der Waals surface area contributed by atoms with Crippen molar-refractivity contribution in [3.8, 4) is 6.07 Å². The number of hydrogen-bond donors (Lipinski definition) is 1. The van der Waals surface area contributed by atoms with Gasteiger partial charge in [-0.15, -0.1) is 0 Å². The van der Waals surface area contributed by atoms with Crippen LogP contribution in [0.3, 0.4) is 0 Å². The van der Waals surface area contributed by atoms with Crippen LogP contribution in [0.1, 0.15) is 25.7 Å². The highest BCUT2D eigenvalue weighted by Gasteiger charge is 2.27. The van der Waals surface area contributed by atoms with Gasteiger partial charge in [-0.2, -0.15) is 5.26 Å². The smallest absolute Gasteiger partial charge is 0.221 e. The molecule has 0 heterocycles. The summed E-state index contributed by atoms with van der Waals surface area (Å²) in [5, 5.41) is 12.3. The first-order chi connectivity index (χ1) is 6.27. The molecule has 1 aliphatic rings. The summed E-state index contributed by atoms with van der Waals surface area (Å²) in [6.45, 7) is 0. The third-order valence-electron chi connectivity index (χ3n) is 2.35. The third-order valence-corrected chi connectivity index (χ3v) is 2.75. The summed E-state index contributed by atoms with van der Waals surface area (Å²) in [5.74, 6) is 0.0725. The molecule has 0 aliphatic heterocycles. The van der Waals surface area contributed by atoms with E-state index in [1.165, 1.54) is 0 Å². The first-order valence-corrected chi connectivity index (χ1v) is 5.65. The average Bonchev–Trinajstić information content (AvgIpc) is 2.52. The van der Waals surface area contributed by atoms with Crippen molar-refractivity contribution in [1.82, 2.24) is 5.32 Å². The second kappa shape index (κ2) is 5.23. The molecule has 3 nitrogen and oxygen atoms in total. The molecule has 1 N–H and O–H groups in total. The zero-order chi connectivity index (χ0) is 9.68. The molecule has 1 saturated carbocycles. The fourth-order valence-corrected chi connectivity index (χ4v) is 2.01. The molecule has 0 spiro atoms. The second-order valence-corrected chi connectivity index (χ2v) is 4.07. The Hall–Kier alpha value is -0.560. The van der Waals surface area contributed by atoms with Crippen molar-refractivity contribution in [2.45, 2.75) is 31.7 Å². The van der Waals surface area contributed by atoms with Gasteiger partial charge in [-0.25, -0.2) is 0 Å². The van der Waals surface area contributed by atoms with E-state index in [4.69, 9.17) is 5.26 Å². The van der Waals surface area contributed by atoms with Crippen molar-refractivity contribution < 1.29 is 4.79 Å². The molecule has 0 aromatic heterocycles. The normalized spacial score (nSPS) is 26.8. The van der Waals surface area contributed by atoms with E-state index in [1.807, 2.05) is 0 Å². The number of halogens is 1. The monoisotopic (exact) mass is 244 g/mol.